The first-order valence-corrected chi connectivity index (χ1v) is 11.6. The van der Waals surface area contributed by atoms with Crippen LogP contribution in [-0.4, -0.2) is 63.7 Å². The van der Waals surface area contributed by atoms with Crippen LogP contribution in [0.25, 0.3) is 0 Å². The number of morpholine rings is 1. The molecule has 156 valence electrons. The zero-order valence-electron chi connectivity index (χ0n) is 17.2. The third kappa shape index (κ3) is 5.44. The van der Waals surface area contributed by atoms with Crippen LogP contribution in [-0.2, 0) is 21.1 Å². The highest BCUT2D eigenvalue weighted by Crippen LogP contribution is 2.23. The Morgan fingerprint density at radius 2 is 1.79 bits per heavy atom. The summed E-state index contributed by atoms with van der Waals surface area (Å²) in [5.74, 6) is -0.0616. The van der Waals surface area contributed by atoms with Crippen LogP contribution in [0.4, 0.5) is 0 Å². The van der Waals surface area contributed by atoms with Gasteiger partial charge in [0.1, 0.15) is 0 Å². The second-order valence-electron chi connectivity index (χ2n) is 7.52. The van der Waals surface area contributed by atoms with Gasteiger partial charge in [0.05, 0.1) is 24.2 Å². The molecule has 1 unspecified atom stereocenters. The van der Waals surface area contributed by atoms with Gasteiger partial charge in [-0.05, 0) is 42.3 Å². The van der Waals surface area contributed by atoms with Crippen molar-refractivity contribution < 1.29 is 17.9 Å². The lowest BCUT2D eigenvalue weighted by atomic mass is 10.0. The van der Waals surface area contributed by atoms with Gasteiger partial charge in [-0.25, -0.2) is 8.42 Å². The first kappa shape index (κ1) is 21.5. The van der Waals surface area contributed by atoms with Gasteiger partial charge in [0.15, 0.2) is 9.84 Å². The fraction of sp³-hybridized carbons (Fsp3) is 0.409. The van der Waals surface area contributed by atoms with E-state index in [9.17, 15) is 13.2 Å². The number of ether oxygens (including phenoxy) is 1. The molecular weight excluding hydrogens is 388 g/mol. The smallest absolute Gasteiger partial charge is 0.254 e. The molecule has 1 amide bonds. The van der Waals surface area contributed by atoms with Gasteiger partial charge in [0, 0.05) is 38.5 Å². The fourth-order valence-corrected chi connectivity index (χ4v) is 4.05. The van der Waals surface area contributed by atoms with Gasteiger partial charge in [0.25, 0.3) is 5.91 Å². The number of benzene rings is 2. The van der Waals surface area contributed by atoms with Crippen LogP contribution in [0.2, 0.25) is 0 Å². The molecule has 0 aliphatic carbocycles. The minimum absolute atomic E-state index is 0.0616. The van der Waals surface area contributed by atoms with Crippen molar-refractivity contribution in [1.29, 1.82) is 0 Å². The number of hydrogen-bond donors (Lipinski definition) is 0. The topological polar surface area (TPSA) is 66.9 Å². The maximum atomic E-state index is 13.0. The van der Waals surface area contributed by atoms with E-state index in [4.69, 9.17) is 4.74 Å². The molecular formula is C22H28N2O4S. The quantitative estimate of drug-likeness (QED) is 0.724. The van der Waals surface area contributed by atoms with E-state index in [2.05, 4.69) is 4.90 Å². The van der Waals surface area contributed by atoms with Crippen molar-refractivity contribution in [2.75, 3.05) is 39.6 Å². The molecule has 0 radical (unpaired) electrons. The number of carbonyl (C=O) groups excluding carboxylic acids is 1. The fourth-order valence-electron chi connectivity index (χ4n) is 3.42. The van der Waals surface area contributed by atoms with Crippen LogP contribution in [0.5, 0.6) is 0 Å². The van der Waals surface area contributed by atoms with Crippen LogP contribution in [0, 0.1) is 0 Å². The third-order valence-electron chi connectivity index (χ3n) is 5.38. The predicted octanol–water partition coefficient (Wildman–Crippen LogP) is 2.76. The molecule has 2 aromatic rings. The average molecular weight is 417 g/mol. The van der Waals surface area contributed by atoms with Crippen LogP contribution < -0.4 is 0 Å². The monoisotopic (exact) mass is 416 g/mol. The Labute approximate surface area is 173 Å². The van der Waals surface area contributed by atoms with Crippen LogP contribution in [0.15, 0.2) is 53.4 Å². The number of hydrogen-bond acceptors (Lipinski definition) is 5. The van der Waals surface area contributed by atoms with Crippen molar-refractivity contribution in [1.82, 2.24) is 9.80 Å². The Hall–Kier alpha value is -2.22. The molecule has 0 aromatic heterocycles. The SMILES string of the molecule is CC(c1ccc(S(C)(=O)=O)cc1)N(C)C(=O)c1cccc(CN2CCOCC2)c1. The Balaban J connectivity index is 1.71. The van der Waals surface area contributed by atoms with E-state index < -0.39 is 9.84 Å². The summed E-state index contributed by atoms with van der Waals surface area (Å²) < 4.78 is 28.7. The minimum Gasteiger partial charge on any atom is -0.379 e. The third-order valence-corrected chi connectivity index (χ3v) is 6.50. The molecule has 3 rings (SSSR count). The zero-order valence-corrected chi connectivity index (χ0v) is 18.0. The number of sulfone groups is 1. The molecule has 0 spiro atoms. The first-order chi connectivity index (χ1) is 13.8. The van der Waals surface area contributed by atoms with E-state index >= 15 is 0 Å². The summed E-state index contributed by atoms with van der Waals surface area (Å²) in [7, 11) is -1.46. The van der Waals surface area contributed by atoms with Crippen molar-refractivity contribution >= 4 is 15.7 Å². The maximum absolute atomic E-state index is 13.0. The molecule has 29 heavy (non-hydrogen) atoms. The molecule has 7 heteroatoms. The van der Waals surface area contributed by atoms with Crippen LogP contribution >= 0.6 is 0 Å². The summed E-state index contributed by atoms with van der Waals surface area (Å²) in [4.78, 5) is 17.3. The molecule has 1 aliphatic heterocycles. The van der Waals surface area contributed by atoms with Crippen molar-refractivity contribution in [3.05, 3.63) is 65.2 Å². The molecule has 6 nitrogen and oxygen atoms in total. The normalized spacial score (nSPS) is 16.4. The van der Waals surface area contributed by atoms with E-state index in [0.717, 1.165) is 44.0 Å². The highest BCUT2D eigenvalue weighted by molar-refractivity contribution is 7.90. The summed E-state index contributed by atoms with van der Waals surface area (Å²) in [5.41, 5.74) is 2.65. The summed E-state index contributed by atoms with van der Waals surface area (Å²) >= 11 is 0. The van der Waals surface area contributed by atoms with Crippen molar-refractivity contribution in [2.45, 2.75) is 24.4 Å². The molecule has 1 atom stereocenters. The Bertz CT molecular complexity index is 951. The number of amides is 1. The van der Waals surface area contributed by atoms with Gasteiger partial charge in [-0.1, -0.05) is 24.3 Å². The standard InChI is InChI=1S/C22H28N2O4S/c1-17(19-7-9-21(10-8-19)29(3,26)27)23(2)22(25)20-6-4-5-18(15-20)16-24-11-13-28-14-12-24/h4-10,15,17H,11-14,16H2,1-3H3. The largest absolute Gasteiger partial charge is 0.379 e. The van der Waals surface area contributed by atoms with Crippen molar-refractivity contribution in [2.24, 2.45) is 0 Å². The van der Waals surface area contributed by atoms with Gasteiger partial charge >= 0.3 is 0 Å². The molecule has 1 fully saturated rings. The molecule has 0 saturated carbocycles. The van der Waals surface area contributed by atoms with Gasteiger partial charge in [0.2, 0.25) is 0 Å². The second kappa shape index (κ2) is 9.07. The van der Waals surface area contributed by atoms with Crippen molar-refractivity contribution in [3.63, 3.8) is 0 Å². The minimum atomic E-state index is -3.23. The van der Waals surface area contributed by atoms with E-state index in [1.165, 1.54) is 6.26 Å². The molecule has 0 bridgehead atoms. The highest BCUT2D eigenvalue weighted by atomic mass is 32.2. The van der Waals surface area contributed by atoms with Gasteiger partial charge in [-0.15, -0.1) is 0 Å². The average Bonchev–Trinajstić information content (AvgIpc) is 2.72. The molecule has 1 aliphatic rings. The summed E-state index contributed by atoms with van der Waals surface area (Å²) in [6.07, 6.45) is 1.19. The maximum Gasteiger partial charge on any atom is 0.254 e. The number of nitrogens with zero attached hydrogens (tertiary/aromatic N) is 2. The Morgan fingerprint density at radius 3 is 2.41 bits per heavy atom. The van der Waals surface area contributed by atoms with Gasteiger partial charge in [-0.2, -0.15) is 0 Å². The highest BCUT2D eigenvalue weighted by Gasteiger charge is 2.20. The number of carbonyl (C=O) groups is 1. The zero-order chi connectivity index (χ0) is 21.0. The lowest BCUT2D eigenvalue weighted by Crippen LogP contribution is -2.35. The Morgan fingerprint density at radius 1 is 1.14 bits per heavy atom. The lowest BCUT2D eigenvalue weighted by molar-refractivity contribution is 0.0341. The van der Waals surface area contributed by atoms with E-state index in [-0.39, 0.29) is 16.8 Å². The van der Waals surface area contributed by atoms with Gasteiger partial charge in [-0.3, -0.25) is 9.69 Å². The first-order valence-electron chi connectivity index (χ1n) is 9.72. The molecule has 0 N–H and O–H groups in total. The Kier molecular flexibility index (Phi) is 6.72. The summed E-state index contributed by atoms with van der Waals surface area (Å²) in [6.45, 7) is 6.03. The summed E-state index contributed by atoms with van der Waals surface area (Å²) in [6, 6.07) is 14.3. The predicted molar refractivity (Wildman–Crippen MR) is 113 cm³/mol. The number of rotatable bonds is 6. The molecule has 1 heterocycles. The van der Waals surface area contributed by atoms with Gasteiger partial charge < -0.3 is 9.64 Å². The van der Waals surface area contributed by atoms with E-state index in [1.807, 2.05) is 31.2 Å². The van der Waals surface area contributed by atoms with E-state index in [1.54, 1.807) is 36.2 Å². The van der Waals surface area contributed by atoms with Crippen LogP contribution in [0.3, 0.4) is 0 Å². The summed E-state index contributed by atoms with van der Waals surface area (Å²) in [5, 5.41) is 0. The second-order valence-corrected chi connectivity index (χ2v) is 9.54. The van der Waals surface area contributed by atoms with E-state index in [0.29, 0.717) is 5.56 Å². The van der Waals surface area contributed by atoms with Crippen molar-refractivity contribution in [3.8, 4) is 0 Å². The van der Waals surface area contributed by atoms with Crippen LogP contribution in [0.1, 0.15) is 34.5 Å². The molecule has 1 saturated heterocycles. The lowest BCUT2D eigenvalue weighted by Gasteiger charge is -2.27. The molecule has 2 aromatic carbocycles.